The molecule has 6 heteroatoms. The number of carbonyl (C=O) groups is 2. The standard InChI is InChI=1S/C17H21N3O3/c1-11(2)12(3)19-16(21)10-18-17(22)14-9-15(23-20-14)13-7-5-4-6-8-13/h4-9,11-12H,10H2,1-3H3,(H,18,22)(H,19,21)/t12-/m0/s1. The van der Waals surface area contributed by atoms with Crippen LogP contribution in [0.25, 0.3) is 11.3 Å². The lowest BCUT2D eigenvalue weighted by Crippen LogP contribution is -2.42. The summed E-state index contributed by atoms with van der Waals surface area (Å²) in [5.41, 5.74) is 0.983. The maximum absolute atomic E-state index is 12.0. The van der Waals surface area contributed by atoms with Gasteiger partial charge in [0.15, 0.2) is 11.5 Å². The minimum Gasteiger partial charge on any atom is -0.355 e. The normalized spacial score (nSPS) is 12.0. The molecule has 122 valence electrons. The second-order valence-corrected chi connectivity index (χ2v) is 5.73. The Bertz CT molecular complexity index is 665. The summed E-state index contributed by atoms with van der Waals surface area (Å²) in [6.45, 7) is 5.87. The molecule has 0 aliphatic heterocycles. The molecule has 0 unspecified atom stereocenters. The van der Waals surface area contributed by atoms with Crippen molar-refractivity contribution in [3.05, 3.63) is 42.1 Å². The van der Waals surface area contributed by atoms with Crippen molar-refractivity contribution < 1.29 is 14.1 Å². The Kier molecular flexibility index (Phi) is 5.51. The van der Waals surface area contributed by atoms with Gasteiger partial charge in [0.1, 0.15) is 0 Å². The first-order valence-electron chi connectivity index (χ1n) is 7.57. The summed E-state index contributed by atoms with van der Waals surface area (Å²) in [7, 11) is 0. The summed E-state index contributed by atoms with van der Waals surface area (Å²) >= 11 is 0. The lowest BCUT2D eigenvalue weighted by Gasteiger charge is -2.17. The number of hydrogen-bond acceptors (Lipinski definition) is 4. The smallest absolute Gasteiger partial charge is 0.273 e. The molecule has 0 aliphatic carbocycles. The molecule has 6 nitrogen and oxygen atoms in total. The van der Waals surface area contributed by atoms with E-state index in [4.69, 9.17) is 4.52 Å². The van der Waals surface area contributed by atoms with E-state index in [0.717, 1.165) is 5.56 Å². The van der Waals surface area contributed by atoms with Gasteiger partial charge < -0.3 is 15.2 Å². The molecule has 1 heterocycles. The third kappa shape index (κ3) is 4.67. The predicted molar refractivity (Wildman–Crippen MR) is 86.7 cm³/mol. The van der Waals surface area contributed by atoms with Crippen molar-refractivity contribution in [1.29, 1.82) is 0 Å². The van der Waals surface area contributed by atoms with Crippen molar-refractivity contribution >= 4 is 11.8 Å². The summed E-state index contributed by atoms with van der Waals surface area (Å²) in [4.78, 5) is 23.8. The summed E-state index contributed by atoms with van der Waals surface area (Å²) in [5, 5.41) is 9.09. The van der Waals surface area contributed by atoms with Gasteiger partial charge in [-0.2, -0.15) is 0 Å². The van der Waals surface area contributed by atoms with Crippen LogP contribution in [-0.2, 0) is 4.79 Å². The fourth-order valence-corrected chi connectivity index (χ4v) is 1.84. The molecule has 2 rings (SSSR count). The number of amides is 2. The van der Waals surface area contributed by atoms with Gasteiger partial charge in [0.2, 0.25) is 5.91 Å². The zero-order valence-corrected chi connectivity index (χ0v) is 13.5. The molecule has 2 N–H and O–H groups in total. The number of nitrogens with zero attached hydrogens (tertiary/aromatic N) is 1. The van der Waals surface area contributed by atoms with Gasteiger partial charge in [-0.25, -0.2) is 0 Å². The quantitative estimate of drug-likeness (QED) is 0.856. The van der Waals surface area contributed by atoms with Crippen LogP contribution in [0.4, 0.5) is 0 Å². The Balaban J connectivity index is 1.89. The largest absolute Gasteiger partial charge is 0.355 e. The van der Waals surface area contributed by atoms with Gasteiger partial charge in [0.05, 0.1) is 6.54 Å². The Labute approximate surface area is 135 Å². The monoisotopic (exact) mass is 315 g/mol. The molecule has 0 fully saturated rings. The van der Waals surface area contributed by atoms with Crippen LogP contribution in [0, 0.1) is 5.92 Å². The summed E-state index contributed by atoms with van der Waals surface area (Å²) < 4.78 is 5.16. The minimum absolute atomic E-state index is 0.0520. The Morgan fingerprint density at radius 3 is 2.52 bits per heavy atom. The molecule has 0 bridgehead atoms. The van der Waals surface area contributed by atoms with E-state index in [1.165, 1.54) is 0 Å². The van der Waals surface area contributed by atoms with Crippen LogP contribution in [0.2, 0.25) is 0 Å². The van der Waals surface area contributed by atoms with Crippen LogP contribution < -0.4 is 10.6 Å². The molecule has 1 aromatic carbocycles. The van der Waals surface area contributed by atoms with E-state index in [0.29, 0.717) is 11.7 Å². The highest BCUT2D eigenvalue weighted by atomic mass is 16.5. The zero-order valence-electron chi connectivity index (χ0n) is 13.5. The van der Waals surface area contributed by atoms with E-state index in [1.54, 1.807) is 6.07 Å². The Hall–Kier alpha value is -2.63. The highest BCUT2D eigenvalue weighted by molar-refractivity contribution is 5.95. The fraction of sp³-hybridized carbons (Fsp3) is 0.353. The maximum Gasteiger partial charge on any atom is 0.273 e. The average Bonchev–Trinajstić information content (AvgIpc) is 3.03. The molecule has 0 spiro atoms. The SMILES string of the molecule is CC(C)[C@H](C)NC(=O)CNC(=O)c1cc(-c2ccccc2)on1. The highest BCUT2D eigenvalue weighted by Crippen LogP contribution is 2.19. The van der Waals surface area contributed by atoms with Crippen LogP contribution in [0.15, 0.2) is 40.9 Å². The zero-order chi connectivity index (χ0) is 16.8. The lowest BCUT2D eigenvalue weighted by molar-refractivity contribution is -0.121. The molecule has 0 aliphatic rings. The first-order valence-corrected chi connectivity index (χ1v) is 7.57. The second-order valence-electron chi connectivity index (χ2n) is 5.73. The number of benzene rings is 1. The molecular formula is C17H21N3O3. The van der Waals surface area contributed by atoms with Crippen LogP contribution in [0.5, 0.6) is 0 Å². The lowest BCUT2D eigenvalue weighted by atomic mass is 10.1. The highest BCUT2D eigenvalue weighted by Gasteiger charge is 2.16. The van der Waals surface area contributed by atoms with E-state index in [9.17, 15) is 9.59 Å². The molecule has 1 aromatic heterocycles. The van der Waals surface area contributed by atoms with E-state index < -0.39 is 5.91 Å². The Morgan fingerprint density at radius 2 is 1.87 bits per heavy atom. The van der Waals surface area contributed by atoms with Crippen molar-refractivity contribution in [2.45, 2.75) is 26.8 Å². The minimum atomic E-state index is -0.441. The van der Waals surface area contributed by atoms with Gasteiger partial charge in [0.25, 0.3) is 5.91 Å². The van der Waals surface area contributed by atoms with Gasteiger partial charge in [-0.05, 0) is 12.8 Å². The van der Waals surface area contributed by atoms with Crippen molar-refractivity contribution in [1.82, 2.24) is 15.8 Å². The van der Waals surface area contributed by atoms with Crippen molar-refractivity contribution in [2.24, 2.45) is 5.92 Å². The molecule has 2 aromatic rings. The Morgan fingerprint density at radius 1 is 1.17 bits per heavy atom. The van der Waals surface area contributed by atoms with Crippen LogP contribution >= 0.6 is 0 Å². The molecule has 2 amide bonds. The first-order chi connectivity index (χ1) is 11.0. The number of aromatic nitrogens is 1. The molecular weight excluding hydrogens is 294 g/mol. The predicted octanol–water partition coefficient (Wildman–Crippen LogP) is 2.23. The van der Waals surface area contributed by atoms with Crippen molar-refractivity contribution in [2.75, 3.05) is 6.54 Å². The topological polar surface area (TPSA) is 84.2 Å². The number of hydrogen-bond donors (Lipinski definition) is 2. The number of rotatable bonds is 6. The summed E-state index contributed by atoms with van der Waals surface area (Å²) in [6.07, 6.45) is 0. The van der Waals surface area contributed by atoms with Crippen molar-refractivity contribution in [3.63, 3.8) is 0 Å². The third-order valence-electron chi connectivity index (χ3n) is 3.60. The van der Waals surface area contributed by atoms with Gasteiger partial charge >= 0.3 is 0 Å². The molecule has 0 radical (unpaired) electrons. The molecule has 23 heavy (non-hydrogen) atoms. The van der Waals surface area contributed by atoms with Gasteiger partial charge in [-0.3, -0.25) is 9.59 Å². The molecule has 0 saturated carbocycles. The van der Waals surface area contributed by atoms with Crippen LogP contribution in [-0.4, -0.2) is 29.6 Å². The first kappa shape index (κ1) is 16.7. The number of nitrogens with one attached hydrogen (secondary N) is 2. The van der Waals surface area contributed by atoms with E-state index in [2.05, 4.69) is 15.8 Å². The van der Waals surface area contributed by atoms with Gasteiger partial charge in [0, 0.05) is 17.7 Å². The summed E-state index contributed by atoms with van der Waals surface area (Å²) in [6, 6.07) is 11.0. The number of carbonyl (C=O) groups excluding carboxylic acids is 2. The average molecular weight is 315 g/mol. The van der Waals surface area contributed by atoms with Crippen LogP contribution in [0.3, 0.4) is 0 Å². The maximum atomic E-state index is 12.0. The van der Waals surface area contributed by atoms with Crippen molar-refractivity contribution in [3.8, 4) is 11.3 Å². The van der Waals surface area contributed by atoms with E-state index >= 15 is 0 Å². The van der Waals surface area contributed by atoms with Crippen LogP contribution in [0.1, 0.15) is 31.3 Å². The third-order valence-corrected chi connectivity index (χ3v) is 3.60. The fourth-order valence-electron chi connectivity index (χ4n) is 1.84. The molecule has 0 saturated heterocycles. The summed E-state index contributed by atoms with van der Waals surface area (Å²) in [5.74, 6) is 0.168. The van der Waals surface area contributed by atoms with E-state index in [-0.39, 0.29) is 24.2 Å². The van der Waals surface area contributed by atoms with E-state index in [1.807, 2.05) is 51.1 Å². The van der Waals surface area contributed by atoms with Gasteiger partial charge in [-0.1, -0.05) is 49.3 Å². The molecule has 1 atom stereocenters. The second kappa shape index (κ2) is 7.58. The van der Waals surface area contributed by atoms with Gasteiger partial charge in [-0.15, -0.1) is 0 Å².